The first-order valence-electron chi connectivity index (χ1n) is 38.8. The van der Waals surface area contributed by atoms with E-state index in [2.05, 4.69) is 30.5 Å². The molecule has 0 unspecified atom stereocenters. The second-order valence-corrected chi connectivity index (χ2v) is 29.6. The van der Waals surface area contributed by atoms with E-state index in [1.807, 2.05) is 67.4 Å². The number of nitrogens with zero attached hydrogens (tertiary/aromatic N) is 17. The zero-order valence-electron chi connectivity index (χ0n) is 66.4. The smallest absolute Gasteiger partial charge is 0.317 e. The van der Waals surface area contributed by atoms with Gasteiger partial charge in [0, 0.05) is 267 Å². The molecule has 6 N–H and O–H groups in total. The van der Waals surface area contributed by atoms with Crippen LogP contribution in [0.4, 0.5) is 0 Å². The predicted octanol–water partition coefficient (Wildman–Crippen LogP) is 1.70. The van der Waals surface area contributed by atoms with Crippen LogP contribution in [0.15, 0.2) is 55.0 Å². The fraction of sp³-hybridized carbons (Fsp3) is 0.649. The molecule has 2 saturated heterocycles. The van der Waals surface area contributed by atoms with Crippen molar-refractivity contribution in [3.63, 3.8) is 0 Å². The minimum Gasteiger partial charge on any atom is -0.480 e. The summed E-state index contributed by atoms with van der Waals surface area (Å²) in [5, 5.41) is 73.3. The summed E-state index contributed by atoms with van der Waals surface area (Å²) in [7, 11) is 7.90. The van der Waals surface area contributed by atoms with Crippen molar-refractivity contribution in [3.05, 3.63) is 88.8 Å². The molecular weight excluding hydrogens is 1800 g/mol. The molecular formula is C77H119Lu2N17O18. The zero-order valence-corrected chi connectivity index (χ0v) is 69.7. The maximum atomic E-state index is 13.1. The number of Topliss-reactive ketones (excluding diaryl/α,β-unsaturated/α-hetero) is 6. The molecule has 2 aliphatic rings. The molecule has 6 rings (SSSR count). The van der Waals surface area contributed by atoms with Crippen molar-refractivity contribution >= 4 is 70.5 Å². The topological polar surface area (TPSA) is 433 Å². The van der Waals surface area contributed by atoms with Crippen LogP contribution in [0.3, 0.4) is 0 Å². The van der Waals surface area contributed by atoms with E-state index in [0.29, 0.717) is 225 Å². The van der Waals surface area contributed by atoms with Crippen molar-refractivity contribution in [2.75, 3.05) is 198 Å². The number of rotatable bonds is 48. The molecule has 0 amide bonds. The van der Waals surface area contributed by atoms with Gasteiger partial charge in [0.15, 0.2) is 11.6 Å². The number of ketones is 6. The van der Waals surface area contributed by atoms with Gasteiger partial charge in [-0.15, -0.1) is 10.2 Å². The summed E-state index contributed by atoms with van der Waals surface area (Å²) in [5.41, 5.74) is 4.34. The normalized spacial score (nSPS) is 15.4. The van der Waals surface area contributed by atoms with E-state index < -0.39 is 35.8 Å². The zero-order chi connectivity index (χ0) is 81.7. The molecule has 0 spiro atoms. The molecule has 2 fully saturated rings. The number of carboxylic acid groups (broad SMARTS) is 6. The van der Waals surface area contributed by atoms with Gasteiger partial charge in [-0.2, -0.15) is 0 Å². The second kappa shape index (κ2) is 57.6. The maximum absolute atomic E-state index is 13.1. The van der Waals surface area contributed by atoms with E-state index in [4.69, 9.17) is 0 Å². The van der Waals surface area contributed by atoms with Gasteiger partial charge in [0.2, 0.25) is 0 Å². The number of carbonyl (C=O) groups is 12. The molecule has 0 bridgehead atoms. The molecule has 4 aromatic rings. The van der Waals surface area contributed by atoms with Gasteiger partial charge in [-0.3, -0.25) is 111 Å². The first kappa shape index (κ1) is 102. The van der Waals surface area contributed by atoms with E-state index in [9.17, 15) is 88.2 Å². The van der Waals surface area contributed by atoms with Crippen molar-refractivity contribution in [2.24, 2.45) is 0 Å². The minimum atomic E-state index is -1.02. The van der Waals surface area contributed by atoms with Gasteiger partial charge >= 0.3 is 35.8 Å². The number of aryl methyl sites for hydroxylation is 4. The van der Waals surface area contributed by atoms with Crippen LogP contribution in [0.1, 0.15) is 133 Å². The molecule has 3 aromatic heterocycles. The van der Waals surface area contributed by atoms with Crippen LogP contribution in [-0.2, 0) is 86.7 Å². The third-order valence-electron chi connectivity index (χ3n) is 19.2. The van der Waals surface area contributed by atoms with Crippen LogP contribution in [0.25, 0.3) is 0 Å². The van der Waals surface area contributed by atoms with Crippen LogP contribution in [-0.4, -0.2) is 383 Å². The van der Waals surface area contributed by atoms with Gasteiger partial charge in [-0.05, 0) is 123 Å². The van der Waals surface area contributed by atoms with Gasteiger partial charge < -0.3 is 40.4 Å². The molecule has 2 radical (unpaired) electrons. The number of aromatic nitrogens is 7. The summed E-state index contributed by atoms with van der Waals surface area (Å²) in [6.07, 6.45) is 15.1. The van der Waals surface area contributed by atoms with E-state index in [1.165, 1.54) is 0 Å². The first-order valence-corrected chi connectivity index (χ1v) is 38.8. The quantitative estimate of drug-likeness (QED) is 0.0271. The molecule has 2 aliphatic heterocycles. The van der Waals surface area contributed by atoms with Crippen molar-refractivity contribution in [1.29, 1.82) is 0 Å². The number of unbranched alkanes of at least 4 members (excludes halogenated alkanes) is 2. The van der Waals surface area contributed by atoms with Crippen molar-refractivity contribution in [1.82, 2.24) is 84.0 Å². The Morgan fingerprint density at radius 1 is 0.342 bits per heavy atom. The summed E-state index contributed by atoms with van der Waals surface area (Å²) in [6, 6.07) is 10.8. The molecule has 37 heteroatoms. The predicted molar refractivity (Wildman–Crippen MR) is 413 cm³/mol. The number of aliphatic carboxylic acids is 6. The number of benzene rings is 1. The Labute approximate surface area is 726 Å². The molecule has 0 aliphatic carbocycles. The van der Waals surface area contributed by atoms with Crippen LogP contribution < -0.4 is 0 Å². The third-order valence-corrected chi connectivity index (χ3v) is 19.2. The Morgan fingerprint density at radius 3 is 0.947 bits per heavy atom. The van der Waals surface area contributed by atoms with E-state index in [1.54, 1.807) is 69.2 Å². The van der Waals surface area contributed by atoms with Crippen molar-refractivity contribution in [3.8, 4) is 0 Å². The van der Waals surface area contributed by atoms with Gasteiger partial charge in [-0.25, -0.2) is 0 Å². The van der Waals surface area contributed by atoms with Crippen LogP contribution in [0, 0.1) is 73.7 Å². The summed E-state index contributed by atoms with van der Waals surface area (Å²) >= 11 is 0. The minimum absolute atomic E-state index is 0. The van der Waals surface area contributed by atoms with Crippen LogP contribution in [0.2, 0.25) is 0 Å². The number of hydrogen-bond donors (Lipinski definition) is 6. The van der Waals surface area contributed by atoms with Crippen molar-refractivity contribution < 1.29 is 162 Å². The molecule has 5 heterocycles. The second-order valence-electron chi connectivity index (χ2n) is 29.6. The van der Waals surface area contributed by atoms with E-state index in [0.717, 1.165) is 48.4 Å². The number of pyridine rings is 1. The first-order chi connectivity index (χ1) is 53.5. The van der Waals surface area contributed by atoms with Crippen LogP contribution in [0.5, 0.6) is 0 Å². The SMILES string of the molecule is CN(C)CCCC(=O)c1ccc(CC(=O)CCCc2cn(CCCCC(=O)CN3CCN(CC(=O)O)CCN(CC(=O)O)CCN(CC(=O)O)CC3)nn2)cc1.CN(C)CCCC(=O)c1ccc(CC(=O)CCCc2cn(CCCCC(=O)CN3CCN(CC(=O)O)CCN(CC(=O)O)CCN(CC(=O)O)CC3)nn2)cn1.[177Lu].[177Lu]. The fourth-order valence-corrected chi connectivity index (χ4v) is 13.0. The summed E-state index contributed by atoms with van der Waals surface area (Å²) in [6.45, 7) is 7.39. The number of hydrogen-bond acceptors (Lipinski definition) is 27. The molecule has 35 nitrogen and oxygen atoms in total. The average molecular weight is 1920 g/mol. The van der Waals surface area contributed by atoms with Gasteiger partial charge in [0.1, 0.15) is 28.8 Å². The summed E-state index contributed by atoms with van der Waals surface area (Å²) in [4.78, 5) is 167. The van der Waals surface area contributed by atoms with Gasteiger partial charge in [-0.1, -0.05) is 40.8 Å². The third kappa shape index (κ3) is 46.5. The molecule has 1 aromatic carbocycles. The average Bonchev–Trinajstić information content (AvgIpc) is 1.92. The Morgan fingerprint density at radius 2 is 0.640 bits per heavy atom. The summed E-state index contributed by atoms with van der Waals surface area (Å²) in [5.74, 6) is -5.65. The number of carbonyl (C=O) groups excluding carboxylic acids is 6. The molecule has 0 saturated carbocycles. The van der Waals surface area contributed by atoms with Gasteiger partial charge in [0.05, 0.1) is 63.7 Å². The van der Waals surface area contributed by atoms with Crippen molar-refractivity contribution in [2.45, 2.75) is 129 Å². The van der Waals surface area contributed by atoms with Gasteiger partial charge in [0.25, 0.3) is 0 Å². The monoisotopic (exact) mass is 1920 g/mol. The van der Waals surface area contributed by atoms with E-state index in [-0.39, 0.29) is 167 Å². The maximum Gasteiger partial charge on any atom is 0.317 e. The van der Waals surface area contributed by atoms with E-state index >= 15 is 0 Å². The van der Waals surface area contributed by atoms with Crippen LogP contribution >= 0.6 is 0 Å². The Balaban J connectivity index is 0.000000580. The Bertz CT molecular complexity index is 3310. The molecule has 114 heavy (non-hydrogen) atoms. The molecule has 0 atom stereocenters. The fourth-order valence-electron chi connectivity index (χ4n) is 13.0. The molecule has 650 valence electrons. The standard InChI is InChI=1S/C39H60N8O9.C38H59N9O9.2Lu/c1-42(2)15-6-10-36(50)32-13-11-31(12-14-32)25-34(48)9-5-7-33-26-47(41-40-33)16-4-3-8-35(49)27-43-17-19-44(28-37(51)52)21-23-46(30-39(55)56)24-22-45(20-18-43)29-38(53)54;1-42(2)13-6-10-35(50)34-12-11-30(24-39-34)23-32(48)9-5-7-31-25-47(41-40-31)14-4-3-8-33(49)26-43-15-17-44(27-36(51)52)19-21-46(29-38(55)56)22-20-45(18-16-43)28-37(53)54;;/h11-14,26H,3-10,15-25,27-30H2,1-2H3,(H,51,52)(H,53,54)(H,55,56);11-12,24-25H,3-10,13-23,26-29H2,1-2H3,(H,51,52)(H,53,54)(H,55,56);;/i;;2*1+2. The largest absolute Gasteiger partial charge is 0.480 e. The number of carboxylic acids is 6. The summed E-state index contributed by atoms with van der Waals surface area (Å²) < 4.78 is 3.48. The Kier molecular flexibility index (Phi) is 51.4. The Hall–Kier alpha value is -6.44.